The maximum Gasteiger partial charge on any atom is 0.350 e. The lowest BCUT2D eigenvalue weighted by molar-refractivity contribution is -0.141. The number of carbonyl (C=O) groups excluding carboxylic acids is 1. The first-order valence-electron chi connectivity index (χ1n) is 13.5. The van der Waals surface area contributed by atoms with Gasteiger partial charge in [0.2, 0.25) is 0 Å². The van der Waals surface area contributed by atoms with Crippen LogP contribution in [-0.2, 0) is 28.9 Å². The Labute approximate surface area is 242 Å². The van der Waals surface area contributed by atoms with Crippen molar-refractivity contribution in [2.75, 3.05) is 34.5 Å². The second-order valence-electron chi connectivity index (χ2n) is 9.91. The van der Waals surface area contributed by atoms with Crippen LogP contribution in [0.4, 0.5) is 4.39 Å². The topological polar surface area (TPSA) is 103 Å². The number of hydrogen-bond acceptors (Lipinski definition) is 8. The van der Waals surface area contributed by atoms with E-state index in [0.29, 0.717) is 48.1 Å². The molecule has 1 aromatic heterocycles. The van der Waals surface area contributed by atoms with Crippen molar-refractivity contribution in [3.63, 3.8) is 0 Å². The molecule has 220 valence electrons. The first-order valence-corrected chi connectivity index (χ1v) is 13.5. The first-order chi connectivity index (χ1) is 20.4. The number of methoxy groups -OCH3 is 3. The molecule has 0 amide bonds. The lowest BCUT2D eigenvalue weighted by Crippen LogP contribution is -2.26. The molecule has 2 heterocycles. The highest BCUT2D eigenvalue weighted by Gasteiger charge is 2.37. The van der Waals surface area contributed by atoms with Crippen molar-refractivity contribution in [3.8, 4) is 28.7 Å². The quantitative estimate of drug-likeness (QED) is 0.234. The van der Waals surface area contributed by atoms with E-state index in [4.69, 9.17) is 23.7 Å². The van der Waals surface area contributed by atoms with E-state index in [-0.39, 0.29) is 42.5 Å². The Hall–Kier alpha value is -4.80. The van der Waals surface area contributed by atoms with Crippen molar-refractivity contribution in [1.29, 1.82) is 0 Å². The number of rotatable bonds is 12. The number of halogens is 1. The number of aromatic nitrogens is 3. The molecule has 0 unspecified atom stereocenters. The molecule has 0 N–H and O–H groups in total. The fraction of sp³-hybridized carbons (Fsp3) is 0.323. The Morgan fingerprint density at radius 3 is 2.19 bits per heavy atom. The zero-order valence-corrected chi connectivity index (χ0v) is 23.6. The summed E-state index contributed by atoms with van der Waals surface area (Å²) in [6, 6.07) is 16.9. The average molecular weight is 578 g/mol. The Balaban J connectivity index is 1.22. The summed E-state index contributed by atoms with van der Waals surface area (Å²) in [5, 5.41) is 4.13. The number of carbonyl (C=O) groups is 1. The molecule has 5 rings (SSSR count). The van der Waals surface area contributed by atoms with E-state index in [1.807, 2.05) is 30.3 Å². The van der Waals surface area contributed by atoms with Crippen molar-refractivity contribution >= 4 is 5.97 Å². The molecule has 3 aromatic carbocycles. The van der Waals surface area contributed by atoms with E-state index in [1.54, 1.807) is 27.4 Å². The number of cyclic esters (lactones) is 1. The van der Waals surface area contributed by atoms with Crippen LogP contribution in [0.5, 0.6) is 23.0 Å². The van der Waals surface area contributed by atoms with Crippen LogP contribution in [0.2, 0.25) is 0 Å². The zero-order chi connectivity index (χ0) is 29.6. The zero-order valence-electron chi connectivity index (χ0n) is 23.6. The second-order valence-corrected chi connectivity index (χ2v) is 9.91. The molecule has 42 heavy (non-hydrogen) atoms. The van der Waals surface area contributed by atoms with Crippen LogP contribution in [0, 0.1) is 17.7 Å². The molecule has 4 aromatic rings. The van der Waals surface area contributed by atoms with Crippen molar-refractivity contribution in [2.24, 2.45) is 11.8 Å². The average Bonchev–Trinajstić information content (AvgIpc) is 3.54. The van der Waals surface area contributed by atoms with Gasteiger partial charge in [0.25, 0.3) is 0 Å². The lowest BCUT2D eigenvalue weighted by Gasteiger charge is -2.18. The van der Waals surface area contributed by atoms with E-state index >= 15 is 0 Å². The summed E-state index contributed by atoms with van der Waals surface area (Å²) in [5.41, 5.74) is 2.10. The predicted octanol–water partition coefficient (Wildman–Crippen LogP) is 3.85. The van der Waals surface area contributed by atoms with Gasteiger partial charge in [0.15, 0.2) is 23.0 Å². The Morgan fingerprint density at radius 1 is 0.857 bits per heavy atom. The Morgan fingerprint density at radius 2 is 1.50 bits per heavy atom. The number of hydrogen-bond donors (Lipinski definition) is 0. The van der Waals surface area contributed by atoms with Gasteiger partial charge >= 0.3 is 11.7 Å². The van der Waals surface area contributed by atoms with E-state index in [0.717, 1.165) is 11.1 Å². The molecule has 0 bridgehead atoms. The van der Waals surface area contributed by atoms with Crippen molar-refractivity contribution in [1.82, 2.24) is 14.3 Å². The molecule has 0 aliphatic carbocycles. The highest BCUT2D eigenvalue weighted by molar-refractivity contribution is 5.75. The van der Waals surface area contributed by atoms with Gasteiger partial charge in [-0.25, -0.2) is 18.4 Å². The molecule has 11 heteroatoms. The lowest BCUT2D eigenvalue weighted by atomic mass is 9.85. The second kappa shape index (κ2) is 12.8. The van der Waals surface area contributed by atoms with E-state index in [1.165, 1.54) is 39.8 Å². The summed E-state index contributed by atoms with van der Waals surface area (Å²) >= 11 is 0. The minimum Gasteiger partial charge on any atom is -0.493 e. The fourth-order valence-electron chi connectivity index (χ4n) is 5.09. The Kier molecular flexibility index (Phi) is 8.75. The first kappa shape index (κ1) is 28.7. The monoisotopic (exact) mass is 577 g/mol. The van der Waals surface area contributed by atoms with Crippen LogP contribution in [-0.4, -0.2) is 54.9 Å². The molecule has 1 saturated heterocycles. The van der Waals surface area contributed by atoms with Gasteiger partial charge in [0.1, 0.15) is 18.8 Å². The van der Waals surface area contributed by atoms with E-state index in [9.17, 15) is 14.0 Å². The van der Waals surface area contributed by atoms with Crippen LogP contribution in [0.15, 0.2) is 71.8 Å². The third-order valence-electron chi connectivity index (χ3n) is 7.34. The van der Waals surface area contributed by atoms with Crippen LogP contribution in [0.1, 0.15) is 11.1 Å². The van der Waals surface area contributed by atoms with Crippen LogP contribution >= 0.6 is 0 Å². The molecule has 10 nitrogen and oxygen atoms in total. The van der Waals surface area contributed by atoms with Crippen LogP contribution < -0.4 is 24.6 Å². The van der Waals surface area contributed by atoms with Gasteiger partial charge in [0, 0.05) is 5.92 Å². The van der Waals surface area contributed by atoms with Crippen molar-refractivity contribution < 1.29 is 32.9 Å². The summed E-state index contributed by atoms with van der Waals surface area (Å²) in [4.78, 5) is 25.4. The maximum atomic E-state index is 13.2. The van der Waals surface area contributed by atoms with Crippen LogP contribution in [0.3, 0.4) is 0 Å². The van der Waals surface area contributed by atoms with Crippen molar-refractivity contribution in [3.05, 3.63) is 94.4 Å². The normalized spacial score (nSPS) is 16.2. The molecule has 1 aliphatic rings. The molecule has 0 saturated carbocycles. The summed E-state index contributed by atoms with van der Waals surface area (Å²) in [6.07, 6.45) is 2.53. The minimum absolute atomic E-state index is 0.00514. The number of ether oxygens (including phenoxy) is 5. The maximum absolute atomic E-state index is 13.2. The van der Waals surface area contributed by atoms with Gasteiger partial charge in [-0.2, -0.15) is 5.10 Å². The largest absolute Gasteiger partial charge is 0.493 e. The molecule has 1 aliphatic heterocycles. The highest BCUT2D eigenvalue weighted by Crippen LogP contribution is 2.35. The smallest absolute Gasteiger partial charge is 0.350 e. The molecule has 2 atom stereocenters. The van der Waals surface area contributed by atoms with Gasteiger partial charge in [-0.05, 0) is 72.5 Å². The van der Waals surface area contributed by atoms with Gasteiger partial charge in [0.05, 0.1) is 46.1 Å². The van der Waals surface area contributed by atoms with Gasteiger partial charge < -0.3 is 23.7 Å². The molecular formula is C31H32FN3O7. The van der Waals surface area contributed by atoms with E-state index < -0.39 is 0 Å². The molecule has 0 radical (unpaired) electrons. The van der Waals surface area contributed by atoms with Crippen molar-refractivity contribution in [2.45, 2.75) is 19.4 Å². The van der Waals surface area contributed by atoms with Gasteiger partial charge in [-0.15, -0.1) is 0 Å². The Bertz CT molecular complexity index is 1600. The molecule has 0 spiro atoms. The third-order valence-corrected chi connectivity index (χ3v) is 7.34. The predicted molar refractivity (Wildman–Crippen MR) is 151 cm³/mol. The summed E-state index contributed by atoms with van der Waals surface area (Å²) < 4.78 is 43.5. The fourth-order valence-corrected chi connectivity index (χ4v) is 5.09. The summed E-state index contributed by atoms with van der Waals surface area (Å²) in [5.74, 6) is 1.40. The van der Waals surface area contributed by atoms with Gasteiger partial charge in [-0.1, -0.05) is 12.1 Å². The third kappa shape index (κ3) is 6.24. The molecular weight excluding hydrogens is 545 g/mol. The number of nitrogens with zero attached hydrogens (tertiary/aromatic N) is 3. The summed E-state index contributed by atoms with van der Waals surface area (Å²) in [6.45, 7) is 0.717. The molecule has 1 fully saturated rings. The van der Waals surface area contributed by atoms with Crippen LogP contribution in [0.25, 0.3) is 5.69 Å². The summed E-state index contributed by atoms with van der Waals surface area (Å²) in [7, 11) is 4.73. The highest BCUT2D eigenvalue weighted by atomic mass is 19.1. The number of benzene rings is 3. The SMILES string of the molecule is COc1ccc(C[C@H]2COC(=O)[C@@H]2Cc2ccc(OCCn3ncn(-c4ccc(F)cc4)c3=O)c(OC)c2)cc1OC. The van der Waals surface area contributed by atoms with Gasteiger partial charge in [-0.3, -0.25) is 4.79 Å². The number of esters is 1. The van der Waals surface area contributed by atoms with E-state index in [2.05, 4.69) is 5.10 Å². The minimum atomic E-state index is -0.384. The standard InChI is InChI=1S/C31H32FN3O7/c1-38-26-10-4-20(16-28(26)39-2)14-22-18-42-30(36)25(22)15-21-5-11-27(29(17-21)40-3)41-13-12-35-31(37)34(19-33-35)24-8-6-23(32)7-9-24/h4-11,16-17,19,22,25H,12-15,18H2,1-3H3/t22-,25+/m0/s1.